The van der Waals surface area contributed by atoms with Crippen molar-refractivity contribution in [1.82, 2.24) is 4.98 Å². The van der Waals surface area contributed by atoms with Crippen LogP contribution in [0.3, 0.4) is 0 Å². The topological polar surface area (TPSA) is 51.2 Å². The van der Waals surface area contributed by atoms with Crippen molar-refractivity contribution < 1.29 is 9.53 Å². The van der Waals surface area contributed by atoms with Crippen molar-refractivity contribution in [3.8, 4) is 5.75 Å². The molecule has 0 saturated heterocycles. The van der Waals surface area contributed by atoms with E-state index in [1.54, 1.807) is 7.11 Å². The van der Waals surface area contributed by atoms with Crippen molar-refractivity contribution in [3.05, 3.63) is 59.2 Å². The Morgan fingerprint density at radius 2 is 1.88 bits per heavy atom. The lowest BCUT2D eigenvalue weighted by molar-refractivity contribution is -0.113. The molecule has 0 radical (unpaired) electrons. The first kappa shape index (κ1) is 18.3. The highest BCUT2D eigenvalue weighted by molar-refractivity contribution is 7.99. The van der Waals surface area contributed by atoms with Gasteiger partial charge in [-0.2, -0.15) is 0 Å². The summed E-state index contributed by atoms with van der Waals surface area (Å²) in [4.78, 5) is 16.9. The molecular formula is C21H22N2O2S. The van der Waals surface area contributed by atoms with Gasteiger partial charge in [0.15, 0.2) is 0 Å². The third-order valence-electron chi connectivity index (χ3n) is 4.35. The number of methoxy groups -OCH3 is 1. The van der Waals surface area contributed by atoms with E-state index >= 15 is 0 Å². The van der Waals surface area contributed by atoms with Crippen LogP contribution in [0, 0.1) is 20.8 Å². The van der Waals surface area contributed by atoms with Crippen LogP contribution < -0.4 is 10.1 Å². The van der Waals surface area contributed by atoms with E-state index in [4.69, 9.17) is 4.74 Å². The molecule has 0 aliphatic rings. The molecule has 5 heteroatoms. The van der Waals surface area contributed by atoms with Crippen LogP contribution in [0.2, 0.25) is 0 Å². The van der Waals surface area contributed by atoms with Gasteiger partial charge in [-0.25, -0.2) is 4.98 Å². The quantitative estimate of drug-likeness (QED) is 0.653. The van der Waals surface area contributed by atoms with Gasteiger partial charge in [0.2, 0.25) is 5.91 Å². The highest BCUT2D eigenvalue weighted by Crippen LogP contribution is 2.29. The van der Waals surface area contributed by atoms with Gasteiger partial charge in [-0.3, -0.25) is 4.79 Å². The number of benzene rings is 2. The molecule has 1 heterocycles. The predicted octanol–water partition coefficient (Wildman–Crippen LogP) is 4.90. The number of fused-ring (bicyclic) bond motifs is 1. The Labute approximate surface area is 158 Å². The Morgan fingerprint density at radius 1 is 1.08 bits per heavy atom. The maximum atomic E-state index is 12.3. The van der Waals surface area contributed by atoms with Crippen molar-refractivity contribution in [2.45, 2.75) is 25.8 Å². The van der Waals surface area contributed by atoms with Gasteiger partial charge in [0.25, 0.3) is 0 Å². The van der Waals surface area contributed by atoms with Gasteiger partial charge in [0.05, 0.1) is 17.9 Å². The second-order valence-corrected chi connectivity index (χ2v) is 7.27. The van der Waals surface area contributed by atoms with Crippen LogP contribution in [-0.2, 0) is 4.79 Å². The Bertz CT molecular complexity index is 970. The fourth-order valence-corrected chi connectivity index (χ4v) is 3.52. The molecule has 0 unspecified atom stereocenters. The molecule has 1 aromatic heterocycles. The number of carbonyl (C=O) groups excluding carboxylic acids is 1. The third-order valence-corrected chi connectivity index (χ3v) is 5.26. The Balaban J connectivity index is 1.72. The molecule has 26 heavy (non-hydrogen) atoms. The largest absolute Gasteiger partial charge is 0.494 e. The molecule has 3 aromatic rings. The number of hydrogen-bond donors (Lipinski definition) is 1. The summed E-state index contributed by atoms with van der Waals surface area (Å²) in [5.74, 6) is 1.01. The zero-order chi connectivity index (χ0) is 18.7. The van der Waals surface area contributed by atoms with E-state index in [1.165, 1.54) is 17.3 Å². The minimum absolute atomic E-state index is 0.0437. The molecule has 0 aliphatic carbocycles. The van der Waals surface area contributed by atoms with Gasteiger partial charge in [-0.1, -0.05) is 30.0 Å². The van der Waals surface area contributed by atoms with Crippen molar-refractivity contribution in [1.29, 1.82) is 0 Å². The summed E-state index contributed by atoms with van der Waals surface area (Å²) in [6, 6.07) is 13.8. The van der Waals surface area contributed by atoms with Crippen LogP contribution in [0.4, 0.5) is 5.69 Å². The van der Waals surface area contributed by atoms with Crippen molar-refractivity contribution in [2.24, 2.45) is 0 Å². The zero-order valence-electron chi connectivity index (χ0n) is 15.4. The number of pyridine rings is 1. The van der Waals surface area contributed by atoms with E-state index in [2.05, 4.69) is 17.2 Å². The van der Waals surface area contributed by atoms with Crippen LogP contribution in [0.1, 0.15) is 16.7 Å². The average molecular weight is 366 g/mol. The molecule has 2 aromatic carbocycles. The van der Waals surface area contributed by atoms with Crippen molar-refractivity contribution in [2.75, 3.05) is 18.2 Å². The highest BCUT2D eigenvalue weighted by atomic mass is 32.2. The molecule has 0 aliphatic heterocycles. The average Bonchev–Trinajstić information content (AvgIpc) is 2.63. The summed E-state index contributed by atoms with van der Waals surface area (Å²) >= 11 is 1.42. The van der Waals surface area contributed by atoms with E-state index in [0.29, 0.717) is 5.75 Å². The molecule has 0 bridgehead atoms. The summed E-state index contributed by atoms with van der Waals surface area (Å²) in [7, 11) is 1.64. The lowest BCUT2D eigenvalue weighted by atomic mass is 10.1. The van der Waals surface area contributed by atoms with Gasteiger partial charge in [0.1, 0.15) is 11.3 Å². The maximum absolute atomic E-state index is 12.3. The lowest BCUT2D eigenvalue weighted by Crippen LogP contribution is -2.14. The first-order valence-electron chi connectivity index (χ1n) is 8.42. The first-order valence-corrected chi connectivity index (χ1v) is 9.41. The van der Waals surface area contributed by atoms with Gasteiger partial charge >= 0.3 is 0 Å². The van der Waals surface area contributed by atoms with E-state index in [9.17, 15) is 4.79 Å². The summed E-state index contributed by atoms with van der Waals surface area (Å²) in [5, 5.41) is 4.82. The molecule has 0 spiro atoms. The molecule has 0 saturated carbocycles. The molecule has 134 valence electrons. The van der Waals surface area contributed by atoms with Crippen molar-refractivity contribution in [3.63, 3.8) is 0 Å². The fraction of sp³-hybridized carbons (Fsp3) is 0.238. The van der Waals surface area contributed by atoms with Gasteiger partial charge in [-0.15, -0.1) is 0 Å². The van der Waals surface area contributed by atoms with Crippen LogP contribution in [0.15, 0.2) is 47.5 Å². The SMILES string of the molecule is COc1cccc2c(C)cc(SCC(=O)Nc3ccc(C)c(C)c3)nc12. The number of ether oxygens (including phenoxy) is 1. The van der Waals surface area contributed by atoms with E-state index < -0.39 is 0 Å². The lowest BCUT2D eigenvalue weighted by Gasteiger charge is -2.10. The standard InChI is InChI=1S/C21H22N2O2S/c1-13-8-9-16(10-14(13)2)22-19(24)12-26-20-11-15(3)17-6-5-7-18(25-4)21(17)23-20/h5-11H,12H2,1-4H3,(H,22,24). The summed E-state index contributed by atoms with van der Waals surface area (Å²) in [6.45, 7) is 6.14. The number of hydrogen-bond acceptors (Lipinski definition) is 4. The number of anilines is 1. The smallest absolute Gasteiger partial charge is 0.234 e. The van der Waals surface area contributed by atoms with Crippen LogP contribution in [0.25, 0.3) is 10.9 Å². The number of para-hydroxylation sites is 1. The monoisotopic (exact) mass is 366 g/mol. The van der Waals surface area contributed by atoms with Gasteiger partial charge in [-0.05, 0) is 61.7 Å². The molecule has 1 N–H and O–H groups in total. The number of aryl methyl sites for hydroxylation is 3. The molecule has 0 fully saturated rings. The van der Waals surface area contributed by atoms with Gasteiger partial charge in [0, 0.05) is 11.1 Å². The normalized spacial score (nSPS) is 10.8. The Morgan fingerprint density at radius 3 is 2.62 bits per heavy atom. The molecule has 1 amide bonds. The molecule has 3 rings (SSSR count). The number of aromatic nitrogens is 1. The first-order chi connectivity index (χ1) is 12.5. The van der Waals surface area contributed by atoms with Crippen molar-refractivity contribution >= 4 is 34.3 Å². The number of carbonyl (C=O) groups is 1. The number of nitrogens with zero attached hydrogens (tertiary/aromatic N) is 1. The zero-order valence-corrected chi connectivity index (χ0v) is 16.2. The van der Waals surface area contributed by atoms with E-state index in [0.717, 1.165) is 38.5 Å². The summed E-state index contributed by atoms with van der Waals surface area (Å²) < 4.78 is 5.41. The second-order valence-electron chi connectivity index (χ2n) is 6.27. The highest BCUT2D eigenvalue weighted by Gasteiger charge is 2.10. The summed E-state index contributed by atoms with van der Waals surface area (Å²) in [6.07, 6.45) is 0. The second kappa shape index (κ2) is 7.79. The minimum atomic E-state index is -0.0437. The maximum Gasteiger partial charge on any atom is 0.234 e. The third kappa shape index (κ3) is 3.99. The Kier molecular flexibility index (Phi) is 5.47. The number of thioether (sulfide) groups is 1. The van der Waals surface area contributed by atoms with Crippen LogP contribution >= 0.6 is 11.8 Å². The van der Waals surface area contributed by atoms with E-state index in [1.807, 2.05) is 56.3 Å². The molecular weight excluding hydrogens is 344 g/mol. The minimum Gasteiger partial charge on any atom is -0.494 e. The number of rotatable bonds is 5. The Hall–Kier alpha value is -2.53. The van der Waals surface area contributed by atoms with E-state index in [-0.39, 0.29) is 5.91 Å². The predicted molar refractivity (Wildman–Crippen MR) is 108 cm³/mol. The number of nitrogens with one attached hydrogen (secondary N) is 1. The van der Waals surface area contributed by atoms with Crippen LogP contribution in [0.5, 0.6) is 5.75 Å². The van der Waals surface area contributed by atoms with Crippen LogP contribution in [-0.4, -0.2) is 23.8 Å². The number of amides is 1. The fourth-order valence-electron chi connectivity index (χ4n) is 2.76. The molecule has 4 nitrogen and oxygen atoms in total. The van der Waals surface area contributed by atoms with Gasteiger partial charge < -0.3 is 10.1 Å². The summed E-state index contributed by atoms with van der Waals surface area (Å²) in [5.41, 5.74) is 5.14. The molecule has 0 atom stereocenters.